The van der Waals surface area contributed by atoms with Crippen LogP contribution < -0.4 is 9.47 Å². The quantitative estimate of drug-likeness (QED) is 0.0848. The predicted molar refractivity (Wildman–Crippen MR) is 182 cm³/mol. The molecule has 1 saturated heterocycles. The highest BCUT2D eigenvalue weighted by Crippen LogP contribution is 2.35. The van der Waals surface area contributed by atoms with Crippen LogP contribution in [-0.4, -0.2) is 82.9 Å². The minimum absolute atomic E-state index is 0.0683. The van der Waals surface area contributed by atoms with E-state index in [1.165, 1.54) is 14.2 Å². The third-order valence-corrected chi connectivity index (χ3v) is 8.93. The molecule has 258 valence electrons. The molecule has 2 aromatic rings. The molecule has 47 heavy (non-hydrogen) atoms. The molecule has 1 unspecified atom stereocenters. The van der Waals surface area contributed by atoms with Crippen LogP contribution in [0.25, 0.3) is 6.08 Å². The van der Waals surface area contributed by atoms with E-state index in [-0.39, 0.29) is 18.1 Å². The molecule has 11 heteroatoms. The minimum atomic E-state index is -1.43. The zero-order chi connectivity index (χ0) is 34.6. The van der Waals surface area contributed by atoms with Gasteiger partial charge in [-0.1, -0.05) is 56.1 Å². The predicted octanol–water partition coefficient (Wildman–Crippen LogP) is 6.65. The van der Waals surface area contributed by atoms with Gasteiger partial charge in [-0.3, -0.25) is 0 Å². The van der Waals surface area contributed by atoms with Crippen molar-refractivity contribution in [2.24, 2.45) is 0 Å². The molecule has 2 aromatic carbocycles. The summed E-state index contributed by atoms with van der Waals surface area (Å²) >= 11 is 0. The van der Waals surface area contributed by atoms with Crippen LogP contribution in [-0.2, 0) is 23.7 Å². The molecule has 1 N–H and O–H groups in total. The number of esters is 2. The lowest BCUT2D eigenvalue weighted by Crippen LogP contribution is -2.37. The number of hydrogen-bond acceptors (Lipinski definition) is 10. The Morgan fingerprint density at radius 2 is 1.77 bits per heavy atom. The van der Waals surface area contributed by atoms with Gasteiger partial charge in [-0.25, -0.2) is 9.59 Å². The number of rotatable bonds is 17. The SMILES string of the molecule is COCOc1cc(OC)cc(/C=C/C[C@@H]2OC(C)(C)O[C@@H]2C(/C=C\C[C@@H](C)O)OC(=O)c2ccccc2)c1C(=O)OCC[Si](C)(C)C. The van der Waals surface area contributed by atoms with Crippen LogP contribution >= 0.6 is 0 Å². The monoisotopic (exact) mass is 670 g/mol. The molecular formula is C36H50O10Si. The van der Waals surface area contributed by atoms with Gasteiger partial charge in [0.2, 0.25) is 0 Å². The second kappa shape index (κ2) is 17.6. The van der Waals surface area contributed by atoms with E-state index in [9.17, 15) is 14.7 Å². The highest BCUT2D eigenvalue weighted by Gasteiger charge is 2.45. The van der Waals surface area contributed by atoms with Gasteiger partial charge in [0.15, 0.2) is 12.6 Å². The van der Waals surface area contributed by atoms with E-state index in [2.05, 4.69) is 19.6 Å². The van der Waals surface area contributed by atoms with Crippen LogP contribution in [0.15, 0.2) is 60.7 Å². The molecule has 0 spiro atoms. The van der Waals surface area contributed by atoms with Gasteiger partial charge in [-0.15, -0.1) is 0 Å². The van der Waals surface area contributed by atoms with E-state index in [0.717, 1.165) is 6.04 Å². The van der Waals surface area contributed by atoms with Crippen LogP contribution in [0.1, 0.15) is 59.9 Å². The summed E-state index contributed by atoms with van der Waals surface area (Å²) in [6.07, 6.45) is 5.34. The highest BCUT2D eigenvalue weighted by molar-refractivity contribution is 6.76. The second-order valence-electron chi connectivity index (χ2n) is 13.1. The molecule has 0 bridgehead atoms. The second-order valence-corrected chi connectivity index (χ2v) is 18.7. The average molecular weight is 671 g/mol. The highest BCUT2D eigenvalue weighted by atomic mass is 28.3. The average Bonchev–Trinajstić information content (AvgIpc) is 3.32. The lowest BCUT2D eigenvalue weighted by molar-refractivity contribution is -0.152. The smallest absolute Gasteiger partial charge is 0.342 e. The Balaban J connectivity index is 1.92. The number of carbonyl (C=O) groups is 2. The summed E-state index contributed by atoms with van der Waals surface area (Å²) in [5.74, 6) is -1.20. The number of hydrogen-bond donors (Lipinski definition) is 1. The van der Waals surface area contributed by atoms with Crippen LogP contribution in [0.2, 0.25) is 25.7 Å². The van der Waals surface area contributed by atoms with Crippen LogP contribution in [0.5, 0.6) is 11.5 Å². The normalized spacial score (nSPS) is 19.1. The van der Waals surface area contributed by atoms with E-state index >= 15 is 0 Å². The molecule has 1 heterocycles. The van der Waals surface area contributed by atoms with Crippen molar-refractivity contribution >= 4 is 26.1 Å². The summed E-state index contributed by atoms with van der Waals surface area (Å²) < 4.78 is 40.6. The third-order valence-electron chi connectivity index (χ3n) is 7.23. The standard InChI is InChI=1S/C36H50O10Si/c1-25(37)14-12-18-29(44-34(38)26-15-10-9-11-16-26)33-30(45-36(2,3)46-33)19-13-17-27-22-28(41-5)23-31(43-24-40-4)32(27)35(39)42-20-21-47(6,7)8/h9-13,15-18,22-23,25,29-30,33,37H,14,19-21,24H2,1-8H3/b17-13+,18-12-/t25-,29?,30+,33-/m1/s1. The van der Waals surface area contributed by atoms with Crippen molar-refractivity contribution in [2.45, 2.75) is 89.5 Å². The molecule has 0 saturated carbocycles. The number of ether oxygens (including phenoxy) is 7. The number of carbonyl (C=O) groups excluding carboxylic acids is 2. The molecule has 0 amide bonds. The maximum absolute atomic E-state index is 13.4. The largest absolute Gasteiger partial charge is 0.497 e. The van der Waals surface area contributed by atoms with Gasteiger partial charge in [0.1, 0.15) is 29.3 Å². The van der Waals surface area contributed by atoms with Gasteiger partial charge in [-0.05, 0) is 69.5 Å². The van der Waals surface area contributed by atoms with E-state index in [1.54, 1.807) is 75.4 Å². The summed E-state index contributed by atoms with van der Waals surface area (Å²) in [6.45, 7) is 12.2. The summed E-state index contributed by atoms with van der Waals surface area (Å²) in [6, 6.07) is 12.9. The number of aliphatic hydroxyl groups is 1. The van der Waals surface area contributed by atoms with Crippen molar-refractivity contribution in [1.82, 2.24) is 0 Å². The first-order valence-corrected chi connectivity index (χ1v) is 19.6. The molecular weight excluding hydrogens is 620 g/mol. The van der Waals surface area contributed by atoms with Crippen molar-refractivity contribution in [3.63, 3.8) is 0 Å². The molecule has 0 aliphatic carbocycles. The van der Waals surface area contributed by atoms with Gasteiger partial charge >= 0.3 is 11.9 Å². The summed E-state index contributed by atoms with van der Waals surface area (Å²) in [5.41, 5.74) is 1.20. The van der Waals surface area contributed by atoms with Crippen LogP contribution in [0, 0.1) is 0 Å². The van der Waals surface area contributed by atoms with Gasteiger partial charge in [-0.2, -0.15) is 0 Å². The fourth-order valence-electron chi connectivity index (χ4n) is 4.88. The first-order chi connectivity index (χ1) is 22.2. The van der Waals surface area contributed by atoms with Crippen LogP contribution in [0.4, 0.5) is 0 Å². The first kappa shape index (κ1) is 38.0. The number of aliphatic hydroxyl groups excluding tert-OH is 1. The van der Waals surface area contributed by atoms with E-state index < -0.39 is 50.2 Å². The van der Waals surface area contributed by atoms with Crippen molar-refractivity contribution in [2.75, 3.05) is 27.6 Å². The lowest BCUT2D eigenvalue weighted by atomic mass is 10.0. The molecule has 3 rings (SSSR count). The zero-order valence-electron chi connectivity index (χ0n) is 28.8. The van der Waals surface area contributed by atoms with Gasteiger partial charge in [0, 0.05) is 21.3 Å². The molecule has 0 aromatic heterocycles. The van der Waals surface area contributed by atoms with Gasteiger partial charge in [0.05, 0.1) is 31.5 Å². The Bertz CT molecular complexity index is 1360. The molecule has 10 nitrogen and oxygen atoms in total. The molecule has 4 atom stereocenters. The lowest BCUT2D eigenvalue weighted by Gasteiger charge is -2.24. The molecule has 0 radical (unpaired) electrons. The summed E-state index contributed by atoms with van der Waals surface area (Å²) in [7, 11) is 1.60. The van der Waals surface area contributed by atoms with E-state index in [1.807, 2.05) is 12.1 Å². The van der Waals surface area contributed by atoms with Crippen molar-refractivity contribution in [3.05, 3.63) is 77.4 Å². The molecule has 1 aliphatic heterocycles. The van der Waals surface area contributed by atoms with E-state index in [0.29, 0.717) is 36.3 Å². The van der Waals surface area contributed by atoms with Gasteiger partial charge in [0.25, 0.3) is 0 Å². The number of benzene rings is 2. The Hall–Kier alpha value is -3.48. The van der Waals surface area contributed by atoms with Crippen molar-refractivity contribution in [1.29, 1.82) is 0 Å². The topological polar surface area (TPSA) is 119 Å². The fraction of sp³-hybridized carbons (Fsp3) is 0.500. The zero-order valence-corrected chi connectivity index (χ0v) is 29.8. The Labute approximate surface area is 279 Å². The maximum Gasteiger partial charge on any atom is 0.342 e. The Morgan fingerprint density at radius 3 is 2.40 bits per heavy atom. The fourth-order valence-corrected chi connectivity index (χ4v) is 5.60. The van der Waals surface area contributed by atoms with Gasteiger partial charge < -0.3 is 38.3 Å². The van der Waals surface area contributed by atoms with E-state index in [4.69, 9.17) is 33.2 Å². The summed E-state index contributed by atoms with van der Waals surface area (Å²) in [5, 5.41) is 9.82. The Kier molecular flexibility index (Phi) is 14.2. The maximum atomic E-state index is 13.4. The molecule has 1 fully saturated rings. The Morgan fingerprint density at radius 1 is 1.04 bits per heavy atom. The third kappa shape index (κ3) is 12.2. The van der Waals surface area contributed by atoms with Crippen molar-refractivity contribution in [3.8, 4) is 11.5 Å². The number of methoxy groups -OCH3 is 2. The molecule has 1 aliphatic rings. The summed E-state index contributed by atoms with van der Waals surface area (Å²) in [4.78, 5) is 26.5. The minimum Gasteiger partial charge on any atom is -0.497 e. The first-order valence-electron chi connectivity index (χ1n) is 15.9. The van der Waals surface area contributed by atoms with Crippen LogP contribution in [0.3, 0.4) is 0 Å². The van der Waals surface area contributed by atoms with Crippen molar-refractivity contribution < 1.29 is 47.9 Å².